The summed E-state index contributed by atoms with van der Waals surface area (Å²) in [5, 5.41) is 3.99. The predicted octanol–water partition coefficient (Wildman–Crippen LogP) is 6.40. The topological polar surface area (TPSA) is 59.9 Å². The molecule has 0 aromatic heterocycles. The van der Waals surface area contributed by atoms with Crippen LogP contribution in [-0.4, -0.2) is 18.9 Å². The van der Waals surface area contributed by atoms with Crippen molar-refractivity contribution in [2.24, 2.45) is 5.10 Å². The first kappa shape index (κ1) is 24.7. The zero-order valence-corrected chi connectivity index (χ0v) is 17.1. The molecule has 0 saturated heterocycles. The summed E-state index contributed by atoms with van der Waals surface area (Å²) in [7, 11) is -1.83. The molecular weight excluding hydrogens is 411 g/mol. The van der Waals surface area contributed by atoms with Gasteiger partial charge in [-0.25, -0.2) is 4.39 Å². The Morgan fingerprint density at radius 2 is 1.66 bits per heavy atom. The van der Waals surface area contributed by atoms with Gasteiger partial charge in [0.1, 0.15) is 19.0 Å². The van der Waals surface area contributed by atoms with Crippen LogP contribution in [0.4, 0.5) is 23.2 Å². The number of hydrogen-bond acceptors (Lipinski definition) is 5. The smallest absolute Gasteiger partial charge is 0.278 e. The lowest BCUT2D eigenvalue weighted by atomic mass is 10.1. The van der Waals surface area contributed by atoms with Gasteiger partial charge in [0.2, 0.25) is 0 Å². The van der Waals surface area contributed by atoms with E-state index in [4.69, 9.17) is 0 Å². The van der Waals surface area contributed by atoms with E-state index in [2.05, 4.69) is 19.6 Å². The average Bonchev–Trinajstić information content (AvgIpc) is 2.67. The van der Waals surface area contributed by atoms with Gasteiger partial charge in [0.15, 0.2) is 0 Å². The highest BCUT2D eigenvalue weighted by Gasteiger charge is 2.30. The standard InChI is InChI=1S/C15H12F4N2.C4H10O3P/c1-10(11-5-7-13(16)8-6-11)20-21-14-4-2-3-12(9-14)15(17,18)19;1-3-6-8(5)7-4-2/h2-9,21H,1H3;3-4H2,1-2H3/q;+1/b20-10+;. The molecule has 0 unspecified atom stereocenters. The third-order valence-electron chi connectivity index (χ3n) is 3.27. The second-order valence-corrected chi connectivity index (χ2v) is 6.42. The Hall–Kier alpha value is -2.35. The van der Waals surface area contributed by atoms with Crippen molar-refractivity contribution >= 4 is 19.7 Å². The number of anilines is 1. The van der Waals surface area contributed by atoms with E-state index in [1.165, 1.54) is 24.3 Å². The van der Waals surface area contributed by atoms with E-state index >= 15 is 0 Å². The van der Waals surface area contributed by atoms with Crippen LogP contribution in [0, 0.1) is 5.82 Å². The molecule has 0 spiro atoms. The Kier molecular flexibility index (Phi) is 10.4. The van der Waals surface area contributed by atoms with Crippen molar-refractivity contribution in [1.82, 2.24) is 0 Å². The first-order valence-corrected chi connectivity index (χ1v) is 9.73. The minimum absolute atomic E-state index is 0.228. The van der Waals surface area contributed by atoms with Crippen LogP contribution in [0.3, 0.4) is 0 Å². The van der Waals surface area contributed by atoms with Crippen molar-refractivity contribution in [2.75, 3.05) is 18.6 Å². The molecule has 0 heterocycles. The maximum atomic E-state index is 12.8. The summed E-state index contributed by atoms with van der Waals surface area (Å²) >= 11 is 0. The highest BCUT2D eigenvalue weighted by Crippen LogP contribution is 2.30. The Bertz CT molecular complexity index is 804. The zero-order chi connectivity index (χ0) is 21.9. The lowest BCUT2D eigenvalue weighted by Gasteiger charge is -2.08. The van der Waals surface area contributed by atoms with Gasteiger partial charge in [0.25, 0.3) is 0 Å². The average molecular weight is 433 g/mol. The van der Waals surface area contributed by atoms with Crippen LogP contribution in [0.2, 0.25) is 0 Å². The highest BCUT2D eigenvalue weighted by molar-refractivity contribution is 7.33. The minimum Gasteiger partial charge on any atom is -0.278 e. The fourth-order valence-electron chi connectivity index (χ4n) is 1.92. The summed E-state index contributed by atoms with van der Waals surface area (Å²) in [6.07, 6.45) is -4.40. The van der Waals surface area contributed by atoms with E-state index in [1.807, 2.05) is 0 Å². The van der Waals surface area contributed by atoms with Crippen molar-refractivity contribution in [3.05, 3.63) is 65.5 Å². The van der Waals surface area contributed by atoms with Crippen molar-refractivity contribution in [3.63, 3.8) is 0 Å². The molecule has 5 nitrogen and oxygen atoms in total. The molecule has 29 heavy (non-hydrogen) atoms. The first-order chi connectivity index (χ1) is 13.7. The number of nitrogens with one attached hydrogen (secondary N) is 1. The first-order valence-electron chi connectivity index (χ1n) is 8.64. The number of alkyl halides is 3. The molecule has 2 rings (SSSR count). The van der Waals surface area contributed by atoms with E-state index in [-0.39, 0.29) is 11.5 Å². The van der Waals surface area contributed by atoms with Gasteiger partial charge in [0.05, 0.1) is 17.0 Å². The molecule has 0 saturated carbocycles. The maximum absolute atomic E-state index is 12.8. The van der Waals surface area contributed by atoms with Crippen LogP contribution in [0.5, 0.6) is 0 Å². The third kappa shape index (κ3) is 9.60. The van der Waals surface area contributed by atoms with Gasteiger partial charge in [-0.15, -0.1) is 9.05 Å². The second kappa shape index (κ2) is 12.3. The number of halogens is 4. The summed E-state index contributed by atoms with van der Waals surface area (Å²) in [5.74, 6) is -0.364. The summed E-state index contributed by atoms with van der Waals surface area (Å²) < 4.78 is 70.0. The molecule has 0 atom stereocenters. The lowest BCUT2D eigenvalue weighted by molar-refractivity contribution is -0.137. The highest BCUT2D eigenvalue weighted by atomic mass is 31.1. The number of rotatable bonds is 7. The molecule has 10 heteroatoms. The molecule has 158 valence electrons. The molecule has 0 radical (unpaired) electrons. The number of hydrogen-bond donors (Lipinski definition) is 1. The summed E-state index contributed by atoms with van der Waals surface area (Å²) in [6.45, 7) is 6.09. The molecule has 0 bridgehead atoms. The number of hydrazone groups is 1. The van der Waals surface area contributed by atoms with Crippen molar-refractivity contribution < 1.29 is 31.2 Å². The normalized spacial score (nSPS) is 11.5. The molecule has 0 aliphatic carbocycles. The Morgan fingerprint density at radius 3 is 2.17 bits per heavy atom. The van der Waals surface area contributed by atoms with E-state index in [1.54, 1.807) is 32.9 Å². The Balaban J connectivity index is 0.000000447. The van der Waals surface area contributed by atoms with E-state index in [0.29, 0.717) is 24.5 Å². The number of benzene rings is 2. The predicted molar refractivity (Wildman–Crippen MR) is 105 cm³/mol. The molecule has 0 aliphatic rings. The van der Waals surface area contributed by atoms with Crippen LogP contribution >= 0.6 is 8.25 Å². The fraction of sp³-hybridized carbons (Fsp3) is 0.316. The minimum atomic E-state index is -4.40. The van der Waals surface area contributed by atoms with Gasteiger partial charge in [-0.2, -0.15) is 18.3 Å². The van der Waals surface area contributed by atoms with Crippen LogP contribution in [0.1, 0.15) is 31.9 Å². The Morgan fingerprint density at radius 1 is 1.07 bits per heavy atom. The molecule has 0 fully saturated rings. The largest absolute Gasteiger partial charge is 0.697 e. The fourth-order valence-corrected chi connectivity index (χ4v) is 2.41. The van der Waals surface area contributed by atoms with Gasteiger partial charge in [-0.05, 0) is 56.7 Å². The van der Waals surface area contributed by atoms with E-state index in [0.717, 1.165) is 12.1 Å². The van der Waals surface area contributed by atoms with Crippen LogP contribution in [0.25, 0.3) is 0 Å². The molecule has 2 aromatic carbocycles. The molecule has 0 aliphatic heterocycles. The van der Waals surface area contributed by atoms with Gasteiger partial charge in [-0.1, -0.05) is 18.2 Å². The molecule has 0 amide bonds. The molecule has 2 aromatic rings. The number of nitrogens with zero attached hydrogens (tertiary/aromatic N) is 1. The second-order valence-electron chi connectivity index (χ2n) is 5.45. The van der Waals surface area contributed by atoms with E-state index < -0.39 is 20.0 Å². The summed E-state index contributed by atoms with van der Waals surface area (Å²) in [4.78, 5) is 0. The molecule has 1 N–H and O–H groups in total. The van der Waals surface area contributed by atoms with Crippen LogP contribution in [-0.2, 0) is 19.8 Å². The van der Waals surface area contributed by atoms with Crippen molar-refractivity contribution in [2.45, 2.75) is 26.9 Å². The lowest BCUT2D eigenvalue weighted by Crippen LogP contribution is -2.05. The van der Waals surface area contributed by atoms with Gasteiger partial charge >= 0.3 is 14.4 Å². The zero-order valence-electron chi connectivity index (χ0n) is 16.2. The van der Waals surface area contributed by atoms with E-state index in [9.17, 15) is 22.1 Å². The van der Waals surface area contributed by atoms with Gasteiger partial charge in [-0.3, -0.25) is 5.43 Å². The monoisotopic (exact) mass is 433 g/mol. The SMILES string of the molecule is C/C(=N\Nc1cccc(C(F)(F)F)c1)c1ccc(F)cc1.CCO[P+](=O)OCC. The van der Waals surface area contributed by atoms with Gasteiger partial charge < -0.3 is 0 Å². The third-order valence-corrected chi connectivity index (χ3v) is 4.21. The maximum Gasteiger partial charge on any atom is 0.697 e. The summed E-state index contributed by atoms with van der Waals surface area (Å²) in [6, 6.07) is 10.4. The summed E-state index contributed by atoms with van der Waals surface area (Å²) in [5.41, 5.74) is 3.26. The molecular formula is C19H22F4N2O3P+. The van der Waals surface area contributed by atoms with Crippen molar-refractivity contribution in [3.8, 4) is 0 Å². The Labute approximate surface area is 167 Å². The van der Waals surface area contributed by atoms with Crippen LogP contribution in [0.15, 0.2) is 53.6 Å². The van der Waals surface area contributed by atoms with Crippen LogP contribution < -0.4 is 5.43 Å². The van der Waals surface area contributed by atoms with Crippen molar-refractivity contribution in [1.29, 1.82) is 0 Å². The van der Waals surface area contributed by atoms with Gasteiger partial charge in [0, 0.05) is 4.57 Å². The quantitative estimate of drug-likeness (QED) is 0.238.